The number of ether oxygens (including phenoxy) is 1. The zero-order valence-electron chi connectivity index (χ0n) is 15.0. The van der Waals surface area contributed by atoms with Gasteiger partial charge in [0.05, 0.1) is 11.6 Å². The van der Waals surface area contributed by atoms with Crippen LogP contribution >= 0.6 is 0 Å². The smallest absolute Gasteiger partial charge is 0.338 e. The second-order valence-corrected chi connectivity index (χ2v) is 5.87. The summed E-state index contributed by atoms with van der Waals surface area (Å²) in [6.45, 7) is 3.39. The van der Waals surface area contributed by atoms with E-state index in [1.54, 1.807) is 12.1 Å². The van der Waals surface area contributed by atoms with Gasteiger partial charge in [-0.1, -0.05) is 12.1 Å². The van der Waals surface area contributed by atoms with Crippen LogP contribution in [0.2, 0.25) is 0 Å². The normalized spacial score (nSPS) is 11.0. The second kappa shape index (κ2) is 9.15. The molecule has 0 aliphatic heterocycles. The van der Waals surface area contributed by atoms with E-state index in [0.717, 1.165) is 5.56 Å². The molecule has 0 aliphatic carbocycles. The molecule has 138 valence electrons. The average molecular weight is 365 g/mol. The first-order valence-corrected chi connectivity index (χ1v) is 8.24. The van der Waals surface area contributed by atoms with Gasteiger partial charge in [0.1, 0.15) is 6.42 Å². The number of nitriles is 1. The number of hydrogen-bond acceptors (Lipinski definition) is 5. The summed E-state index contributed by atoms with van der Waals surface area (Å²) in [4.78, 5) is 35.7. The monoisotopic (exact) mass is 365 g/mol. The van der Waals surface area contributed by atoms with Crippen LogP contribution in [0.25, 0.3) is 0 Å². The number of nitrogens with zero attached hydrogens (tertiary/aromatic N) is 1. The van der Waals surface area contributed by atoms with Gasteiger partial charge in [-0.25, -0.2) is 4.79 Å². The summed E-state index contributed by atoms with van der Waals surface area (Å²) in [7, 11) is 0. The number of rotatable bonds is 6. The van der Waals surface area contributed by atoms with E-state index >= 15 is 0 Å². The van der Waals surface area contributed by atoms with E-state index in [1.807, 2.05) is 25.1 Å². The highest BCUT2D eigenvalue weighted by Gasteiger charge is 2.19. The molecule has 0 radical (unpaired) electrons. The maximum Gasteiger partial charge on any atom is 0.338 e. The molecule has 2 N–H and O–H groups in total. The van der Waals surface area contributed by atoms with Gasteiger partial charge in [-0.2, -0.15) is 5.26 Å². The highest BCUT2D eigenvalue weighted by atomic mass is 16.5. The van der Waals surface area contributed by atoms with E-state index in [1.165, 1.54) is 31.2 Å². The molecule has 0 aromatic heterocycles. The quantitative estimate of drug-likeness (QED) is 0.765. The largest absolute Gasteiger partial charge is 0.449 e. The number of hydrogen-bond donors (Lipinski definition) is 2. The van der Waals surface area contributed by atoms with Crippen LogP contribution in [0.3, 0.4) is 0 Å². The van der Waals surface area contributed by atoms with Gasteiger partial charge in [0.25, 0.3) is 5.91 Å². The van der Waals surface area contributed by atoms with Crippen LogP contribution in [0.1, 0.15) is 29.3 Å². The molecule has 0 saturated carbocycles. The Hall–Kier alpha value is -3.66. The van der Waals surface area contributed by atoms with Crippen molar-refractivity contribution in [3.05, 3.63) is 59.7 Å². The van der Waals surface area contributed by atoms with E-state index < -0.39 is 23.9 Å². The highest BCUT2D eigenvalue weighted by molar-refractivity contribution is 5.98. The molecule has 1 atom stereocenters. The van der Waals surface area contributed by atoms with Crippen molar-refractivity contribution in [2.45, 2.75) is 26.4 Å². The van der Waals surface area contributed by atoms with Crippen molar-refractivity contribution in [1.82, 2.24) is 0 Å². The summed E-state index contributed by atoms with van der Waals surface area (Å²) in [5, 5.41) is 13.7. The number of carbonyl (C=O) groups excluding carboxylic acids is 3. The van der Waals surface area contributed by atoms with Crippen molar-refractivity contribution in [2.24, 2.45) is 0 Å². The maximum absolute atomic E-state index is 12.2. The number of carbonyl (C=O) groups is 3. The molecule has 0 unspecified atom stereocenters. The molecule has 2 aromatic rings. The lowest BCUT2D eigenvalue weighted by Crippen LogP contribution is -2.30. The van der Waals surface area contributed by atoms with Crippen LogP contribution in [-0.4, -0.2) is 23.9 Å². The van der Waals surface area contributed by atoms with Crippen molar-refractivity contribution in [3.63, 3.8) is 0 Å². The average Bonchev–Trinajstić information content (AvgIpc) is 2.62. The number of amides is 2. The third-order valence-corrected chi connectivity index (χ3v) is 3.58. The summed E-state index contributed by atoms with van der Waals surface area (Å²) in [5.74, 6) is -1.53. The number of esters is 1. The van der Waals surface area contributed by atoms with Crippen LogP contribution in [0, 0.1) is 18.3 Å². The van der Waals surface area contributed by atoms with Crippen LogP contribution in [0.5, 0.6) is 0 Å². The topological polar surface area (TPSA) is 108 Å². The first kappa shape index (κ1) is 19.7. The molecular formula is C20H19N3O4. The molecule has 0 fully saturated rings. The van der Waals surface area contributed by atoms with Crippen molar-refractivity contribution < 1.29 is 19.1 Å². The molecule has 2 aromatic carbocycles. The Morgan fingerprint density at radius 3 is 2.41 bits per heavy atom. The summed E-state index contributed by atoms with van der Waals surface area (Å²) in [5.41, 5.74) is 2.32. The minimum Gasteiger partial charge on any atom is -0.449 e. The van der Waals surface area contributed by atoms with Gasteiger partial charge in [0, 0.05) is 11.4 Å². The Labute approximate surface area is 156 Å². The van der Waals surface area contributed by atoms with Gasteiger partial charge in [-0.3, -0.25) is 9.59 Å². The maximum atomic E-state index is 12.2. The fraction of sp³-hybridized carbons (Fsp3) is 0.200. The van der Waals surface area contributed by atoms with E-state index in [0.29, 0.717) is 11.4 Å². The van der Waals surface area contributed by atoms with Gasteiger partial charge in [-0.15, -0.1) is 0 Å². The summed E-state index contributed by atoms with van der Waals surface area (Å²) in [6, 6.07) is 15.0. The third kappa shape index (κ3) is 5.97. The Bertz CT molecular complexity index is 885. The third-order valence-electron chi connectivity index (χ3n) is 3.58. The van der Waals surface area contributed by atoms with Crippen LogP contribution < -0.4 is 10.6 Å². The van der Waals surface area contributed by atoms with Crippen molar-refractivity contribution in [1.29, 1.82) is 5.26 Å². The Balaban J connectivity index is 1.92. The number of anilines is 2. The first-order valence-electron chi connectivity index (χ1n) is 8.24. The molecule has 0 bridgehead atoms. The fourth-order valence-electron chi connectivity index (χ4n) is 2.22. The van der Waals surface area contributed by atoms with Gasteiger partial charge in [-0.05, 0) is 55.8 Å². The molecule has 2 rings (SSSR count). The van der Waals surface area contributed by atoms with Crippen molar-refractivity contribution >= 4 is 29.2 Å². The van der Waals surface area contributed by atoms with Gasteiger partial charge in [0.15, 0.2) is 6.10 Å². The van der Waals surface area contributed by atoms with E-state index in [4.69, 9.17) is 10.00 Å². The molecule has 2 amide bonds. The second-order valence-electron chi connectivity index (χ2n) is 5.87. The number of benzene rings is 2. The summed E-state index contributed by atoms with van der Waals surface area (Å²) >= 11 is 0. The highest BCUT2D eigenvalue weighted by Crippen LogP contribution is 2.13. The predicted octanol–water partition coefficient (Wildman–Crippen LogP) is 3.03. The van der Waals surface area contributed by atoms with E-state index in [2.05, 4.69) is 10.6 Å². The lowest BCUT2D eigenvalue weighted by Gasteiger charge is -2.14. The van der Waals surface area contributed by atoms with E-state index in [-0.39, 0.29) is 12.0 Å². The molecule has 0 saturated heterocycles. The lowest BCUT2D eigenvalue weighted by atomic mass is 10.2. The Morgan fingerprint density at radius 2 is 1.78 bits per heavy atom. The summed E-state index contributed by atoms with van der Waals surface area (Å²) < 4.78 is 5.18. The molecule has 7 heteroatoms. The standard InChI is InChI=1S/C20H19N3O4/c1-13-4-3-5-17(12-13)23-19(25)14(2)27-20(26)15-6-8-16(9-7-15)22-18(24)10-11-21/h3-9,12,14H,10H2,1-2H3,(H,22,24)(H,23,25)/t14-/m1/s1. The van der Waals surface area contributed by atoms with Gasteiger partial charge < -0.3 is 15.4 Å². The Morgan fingerprint density at radius 1 is 1.07 bits per heavy atom. The van der Waals surface area contributed by atoms with Crippen molar-refractivity contribution in [2.75, 3.05) is 10.6 Å². The minimum absolute atomic E-state index is 0.239. The zero-order valence-corrected chi connectivity index (χ0v) is 15.0. The van der Waals surface area contributed by atoms with Gasteiger partial charge >= 0.3 is 5.97 Å². The van der Waals surface area contributed by atoms with Gasteiger partial charge in [0.2, 0.25) is 5.91 Å². The number of aryl methyl sites for hydroxylation is 1. The zero-order chi connectivity index (χ0) is 19.8. The molecule has 0 heterocycles. The molecule has 27 heavy (non-hydrogen) atoms. The molecule has 0 spiro atoms. The number of nitrogens with one attached hydrogen (secondary N) is 2. The molecular weight excluding hydrogens is 346 g/mol. The van der Waals surface area contributed by atoms with Crippen LogP contribution in [0.4, 0.5) is 11.4 Å². The van der Waals surface area contributed by atoms with Crippen molar-refractivity contribution in [3.8, 4) is 6.07 Å². The van der Waals surface area contributed by atoms with E-state index in [9.17, 15) is 14.4 Å². The molecule has 0 aliphatic rings. The minimum atomic E-state index is -0.979. The summed E-state index contributed by atoms with van der Waals surface area (Å²) in [6.07, 6.45) is -1.23. The Kier molecular flexibility index (Phi) is 6.67. The predicted molar refractivity (Wildman–Crippen MR) is 100.0 cm³/mol. The first-order chi connectivity index (χ1) is 12.9. The lowest BCUT2D eigenvalue weighted by molar-refractivity contribution is -0.123. The van der Waals surface area contributed by atoms with Crippen LogP contribution in [-0.2, 0) is 14.3 Å². The SMILES string of the molecule is Cc1cccc(NC(=O)[C@@H](C)OC(=O)c2ccc(NC(=O)CC#N)cc2)c1. The van der Waals surface area contributed by atoms with Crippen LogP contribution in [0.15, 0.2) is 48.5 Å². The fourth-order valence-corrected chi connectivity index (χ4v) is 2.22. The molecule has 7 nitrogen and oxygen atoms in total.